The summed E-state index contributed by atoms with van der Waals surface area (Å²) >= 11 is 0. The fourth-order valence-corrected chi connectivity index (χ4v) is 2.60. The molecule has 104 valence electrons. The lowest BCUT2D eigenvalue weighted by Crippen LogP contribution is -2.37. The van der Waals surface area contributed by atoms with Gasteiger partial charge in [-0.3, -0.25) is 4.79 Å². The molecule has 1 aliphatic rings. The van der Waals surface area contributed by atoms with Crippen molar-refractivity contribution in [2.45, 2.75) is 51.6 Å². The summed E-state index contributed by atoms with van der Waals surface area (Å²) in [6, 6.07) is 9.52. The Bertz CT molecular complexity index is 413. The first-order valence-electron chi connectivity index (χ1n) is 7.34. The molecule has 2 rings (SSSR count). The smallest absolute Gasteiger partial charge is 0.220 e. The zero-order chi connectivity index (χ0) is 13.7. The molecule has 0 saturated carbocycles. The van der Waals surface area contributed by atoms with Crippen molar-refractivity contribution in [2.24, 2.45) is 0 Å². The molecule has 2 atom stereocenters. The second-order valence-corrected chi connectivity index (χ2v) is 5.27. The fourth-order valence-electron chi connectivity index (χ4n) is 2.60. The van der Waals surface area contributed by atoms with Gasteiger partial charge in [-0.05, 0) is 30.4 Å². The molecule has 1 heterocycles. The molecule has 19 heavy (non-hydrogen) atoms. The number of rotatable bonds is 6. The molecule has 0 radical (unpaired) electrons. The predicted molar refractivity (Wildman–Crippen MR) is 78.0 cm³/mol. The Morgan fingerprint density at radius 1 is 1.32 bits per heavy atom. The van der Waals surface area contributed by atoms with E-state index in [0.29, 0.717) is 18.5 Å². The van der Waals surface area contributed by atoms with Crippen molar-refractivity contribution >= 4 is 5.91 Å². The minimum atomic E-state index is 0.187. The van der Waals surface area contributed by atoms with Gasteiger partial charge in [-0.2, -0.15) is 0 Å². The summed E-state index contributed by atoms with van der Waals surface area (Å²) < 4.78 is 0. The van der Waals surface area contributed by atoms with E-state index in [2.05, 4.69) is 48.7 Å². The number of carbonyl (C=O) groups is 1. The molecule has 1 aliphatic heterocycles. The van der Waals surface area contributed by atoms with Gasteiger partial charge in [-0.1, -0.05) is 38.1 Å². The van der Waals surface area contributed by atoms with E-state index in [1.807, 2.05) is 0 Å². The summed E-state index contributed by atoms with van der Waals surface area (Å²) in [7, 11) is 0. The largest absolute Gasteiger partial charge is 0.352 e. The summed E-state index contributed by atoms with van der Waals surface area (Å²) in [6.45, 7) is 5.23. The molecule has 3 nitrogen and oxygen atoms in total. The molecule has 1 amide bonds. The highest BCUT2D eigenvalue weighted by molar-refractivity contribution is 5.78. The van der Waals surface area contributed by atoms with E-state index in [4.69, 9.17) is 0 Å². The van der Waals surface area contributed by atoms with Crippen LogP contribution in [0.15, 0.2) is 24.3 Å². The highest BCUT2D eigenvalue weighted by Crippen LogP contribution is 2.18. The first kappa shape index (κ1) is 14.1. The first-order valence-corrected chi connectivity index (χ1v) is 7.34. The third-order valence-corrected chi connectivity index (χ3v) is 3.89. The molecule has 0 aliphatic carbocycles. The topological polar surface area (TPSA) is 41.1 Å². The Morgan fingerprint density at radius 3 is 2.58 bits per heavy atom. The minimum absolute atomic E-state index is 0.187. The summed E-state index contributed by atoms with van der Waals surface area (Å²) in [5, 5.41) is 6.57. The molecule has 1 aromatic rings. The lowest BCUT2D eigenvalue weighted by Gasteiger charge is -2.20. The molecule has 1 fully saturated rings. The highest BCUT2D eigenvalue weighted by atomic mass is 16.1. The SMILES string of the molecule is CCc1ccc(C(CC)NCC2CCC(=O)N2)cc1. The number of nitrogens with one attached hydrogen (secondary N) is 2. The monoisotopic (exact) mass is 260 g/mol. The normalized spacial score (nSPS) is 20.3. The van der Waals surface area contributed by atoms with Gasteiger partial charge in [0, 0.05) is 25.0 Å². The van der Waals surface area contributed by atoms with Crippen LogP contribution in [0, 0.1) is 0 Å². The van der Waals surface area contributed by atoms with E-state index in [0.717, 1.165) is 25.8 Å². The highest BCUT2D eigenvalue weighted by Gasteiger charge is 2.21. The maximum atomic E-state index is 11.2. The number of aryl methyl sites for hydroxylation is 1. The second kappa shape index (κ2) is 6.71. The number of benzene rings is 1. The van der Waals surface area contributed by atoms with Crippen LogP contribution < -0.4 is 10.6 Å². The molecule has 2 unspecified atom stereocenters. The van der Waals surface area contributed by atoms with E-state index >= 15 is 0 Å². The quantitative estimate of drug-likeness (QED) is 0.825. The number of hydrogen-bond acceptors (Lipinski definition) is 2. The van der Waals surface area contributed by atoms with Gasteiger partial charge in [0.15, 0.2) is 0 Å². The van der Waals surface area contributed by atoms with Crippen molar-refractivity contribution in [3.8, 4) is 0 Å². The predicted octanol–water partition coefficient (Wildman–Crippen LogP) is 2.57. The van der Waals surface area contributed by atoms with Gasteiger partial charge >= 0.3 is 0 Å². The molecule has 0 spiro atoms. The maximum absolute atomic E-state index is 11.2. The van der Waals surface area contributed by atoms with Crippen LogP contribution in [0.2, 0.25) is 0 Å². The summed E-state index contributed by atoms with van der Waals surface area (Å²) in [4.78, 5) is 11.2. The third kappa shape index (κ3) is 3.80. The molecule has 1 saturated heterocycles. The standard InChI is InChI=1S/C16H24N2O/c1-3-12-5-7-13(8-6-12)15(4-2)17-11-14-9-10-16(19)18-14/h5-8,14-15,17H,3-4,9-11H2,1-2H3,(H,18,19). The van der Waals surface area contributed by atoms with Gasteiger partial charge in [-0.15, -0.1) is 0 Å². The van der Waals surface area contributed by atoms with Gasteiger partial charge in [0.1, 0.15) is 0 Å². The second-order valence-electron chi connectivity index (χ2n) is 5.27. The Kier molecular flexibility index (Phi) is 4.97. The summed E-state index contributed by atoms with van der Waals surface area (Å²) in [5.74, 6) is 0.187. The van der Waals surface area contributed by atoms with Crippen LogP contribution in [0.5, 0.6) is 0 Å². The molecule has 0 aromatic heterocycles. The Morgan fingerprint density at radius 2 is 2.05 bits per heavy atom. The lowest BCUT2D eigenvalue weighted by molar-refractivity contribution is -0.119. The van der Waals surface area contributed by atoms with Gasteiger partial charge < -0.3 is 10.6 Å². The van der Waals surface area contributed by atoms with Crippen LogP contribution in [0.4, 0.5) is 0 Å². The molecular formula is C16H24N2O. The van der Waals surface area contributed by atoms with Crippen LogP contribution in [0.1, 0.15) is 50.3 Å². The van der Waals surface area contributed by atoms with Crippen molar-refractivity contribution in [1.82, 2.24) is 10.6 Å². The number of carbonyl (C=O) groups excluding carboxylic acids is 1. The Labute approximate surface area is 115 Å². The van der Waals surface area contributed by atoms with E-state index in [-0.39, 0.29) is 5.91 Å². The van der Waals surface area contributed by atoms with Gasteiger partial charge in [0.25, 0.3) is 0 Å². The first-order chi connectivity index (χ1) is 9.22. The van der Waals surface area contributed by atoms with E-state index < -0.39 is 0 Å². The third-order valence-electron chi connectivity index (χ3n) is 3.89. The lowest BCUT2D eigenvalue weighted by atomic mass is 10.0. The van der Waals surface area contributed by atoms with Gasteiger partial charge in [-0.25, -0.2) is 0 Å². The average Bonchev–Trinajstić information content (AvgIpc) is 2.86. The van der Waals surface area contributed by atoms with Crippen LogP contribution >= 0.6 is 0 Å². The number of amides is 1. The van der Waals surface area contributed by atoms with Gasteiger partial charge in [0.05, 0.1) is 0 Å². The van der Waals surface area contributed by atoms with Gasteiger partial charge in [0.2, 0.25) is 5.91 Å². The minimum Gasteiger partial charge on any atom is -0.352 e. The zero-order valence-electron chi connectivity index (χ0n) is 11.9. The molecular weight excluding hydrogens is 236 g/mol. The molecule has 2 N–H and O–H groups in total. The average molecular weight is 260 g/mol. The summed E-state index contributed by atoms with van der Waals surface area (Å²) in [6.07, 6.45) is 3.77. The Balaban J connectivity index is 1.89. The van der Waals surface area contributed by atoms with Crippen molar-refractivity contribution < 1.29 is 4.79 Å². The van der Waals surface area contributed by atoms with Crippen molar-refractivity contribution in [1.29, 1.82) is 0 Å². The molecule has 1 aromatic carbocycles. The van der Waals surface area contributed by atoms with E-state index in [1.54, 1.807) is 0 Å². The molecule has 3 heteroatoms. The fraction of sp³-hybridized carbons (Fsp3) is 0.562. The van der Waals surface area contributed by atoms with E-state index in [1.165, 1.54) is 11.1 Å². The zero-order valence-corrected chi connectivity index (χ0v) is 11.9. The number of hydrogen-bond donors (Lipinski definition) is 2. The van der Waals surface area contributed by atoms with Crippen molar-refractivity contribution in [3.05, 3.63) is 35.4 Å². The van der Waals surface area contributed by atoms with E-state index in [9.17, 15) is 4.79 Å². The van der Waals surface area contributed by atoms with Crippen LogP contribution in [0.25, 0.3) is 0 Å². The van der Waals surface area contributed by atoms with Crippen LogP contribution in [-0.2, 0) is 11.2 Å². The molecule has 0 bridgehead atoms. The summed E-state index contributed by atoms with van der Waals surface area (Å²) in [5.41, 5.74) is 2.71. The van der Waals surface area contributed by atoms with Crippen molar-refractivity contribution in [3.63, 3.8) is 0 Å². The maximum Gasteiger partial charge on any atom is 0.220 e. The van der Waals surface area contributed by atoms with Crippen LogP contribution in [-0.4, -0.2) is 18.5 Å². The Hall–Kier alpha value is -1.35. The van der Waals surface area contributed by atoms with Crippen molar-refractivity contribution in [2.75, 3.05) is 6.54 Å². The van der Waals surface area contributed by atoms with Crippen LogP contribution in [0.3, 0.4) is 0 Å².